The fourth-order valence-electron chi connectivity index (χ4n) is 2.47. The van der Waals surface area contributed by atoms with Gasteiger partial charge in [0.2, 0.25) is 0 Å². The van der Waals surface area contributed by atoms with Gasteiger partial charge in [0.1, 0.15) is 0 Å². The topological polar surface area (TPSA) is 42.7 Å². The molecule has 96 valence electrons. The van der Waals surface area contributed by atoms with Crippen LogP contribution in [-0.2, 0) is 6.54 Å². The molecule has 4 nitrogen and oxygen atoms in total. The largest absolute Gasteiger partial charge is 0.311 e. The summed E-state index contributed by atoms with van der Waals surface area (Å²) in [5.41, 5.74) is 1.07. The van der Waals surface area contributed by atoms with Crippen LogP contribution in [-0.4, -0.2) is 21.5 Å². The molecule has 0 aliphatic heterocycles. The Hall–Kier alpha value is -0.900. The molecule has 0 aromatic carbocycles. The van der Waals surface area contributed by atoms with Crippen molar-refractivity contribution in [2.24, 2.45) is 5.92 Å². The highest BCUT2D eigenvalue weighted by Crippen LogP contribution is 2.31. The Labute approximate surface area is 104 Å². The fourth-order valence-corrected chi connectivity index (χ4v) is 2.47. The predicted molar refractivity (Wildman–Crippen MR) is 68.7 cm³/mol. The first-order chi connectivity index (χ1) is 8.29. The van der Waals surface area contributed by atoms with Gasteiger partial charge >= 0.3 is 0 Å². The smallest absolute Gasteiger partial charge is 0.0964 e. The molecular formula is C13H24N4. The van der Waals surface area contributed by atoms with Crippen LogP contribution in [0.3, 0.4) is 0 Å². The van der Waals surface area contributed by atoms with E-state index < -0.39 is 0 Å². The molecule has 1 saturated carbocycles. The number of nitrogens with one attached hydrogen (secondary N) is 1. The second kappa shape index (κ2) is 6.15. The Morgan fingerprint density at radius 2 is 2.12 bits per heavy atom. The molecule has 2 rings (SSSR count). The maximum absolute atomic E-state index is 4.27. The van der Waals surface area contributed by atoms with Crippen LogP contribution in [0.15, 0.2) is 6.20 Å². The van der Waals surface area contributed by atoms with Crippen molar-refractivity contribution in [3.05, 3.63) is 11.9 Å². The first kappa shape index (κ1) is 12.6. The second-order valence-corrected chi connectivity index (χ2v) is 5.28. The van der Waals surface area contributed by atoms with Gasteiger partial charge in [0, 0.05) is 6.54 Å². The lowest BCUT2D eigenvalue weighted by atomic mass is 9.87. The molecule has 0 bridgehead atoms. The van der Waals surface area contributed by atoms with Crippen LogP contribution in [0.25, 0.3) is 0 Å². The van der Waals surface area contributed by atoms with Gasteiger partial charge in [0.25, 0.3) is 0 Å². The zero-order chi connectivity index (χ0) is 12.1. The molecule has 1 aromatic heterocycles. The predicted octanol–water partition coefficient (Wildman–Crippen LogP) is 2.53. The molecule has 0 unspecified atom stereocenters. The van der Waals surface area contributed by atoms with E-state index in [-0.39, 0.29) is 0 Å². The van der Waals surface area contributed by atoms with Crippen molar-refractivity contribution < 1.29 is 0 Å². The lowest BCUT2D eigenvalue weighted by molar-refractivity contribution is 0.270. The van der Waals surface area contributed by atoms with E-state index in [1.807, 2.05) is 0 Å². The summed E-state index contributed by atoms with van der Waals surface area (Å²) in [6.07, 6.45) is 8.44. The molecule has 0 saturated heterocycles. The van der Waals surface area contributed by atoms with Crippen molar-refractivity contribution >= 4 is 0 Å². The van der Waals surface area contributed by atoms with Gasteiger partial charge in [0.15, 0.2) is 0 Å². The summed E-state index contributed by atoms with van der Waals surface area (Å²) >= 11 is 0. The molecule has 4 heteroatoms. The summed E-state index contributed by atoms with van der Waals surface area (Å²) in [6.45, 7) is 6.41. The molecule has 0 atom stereocenters. The average Bonchev–Trinajstić information content (AvgIpc) is 2.79. The van der Waals surface area contributed by atoms with Gasteiger partial charge in [-0.15, -0.1) is 5.10 Å². The highest BCUT2D eigenvalue weighted by Gasteiger charge is 2.20. The highest BCUT2D eigenvalue weighted by molar-refractivity contribution is 4.93. The lowest BCUT2D eigenvalue weighted by Crippen LogP contribution is -2.17. The standard InChI is InChI=1S/C13H24N4/c1-3-8-14-9-12-10-17(16-15-12)13-6-4-11(2)5-7-13/h10-11,13-14H,3-9H2,1-2H3. The van der Waals surface area contributed by atoms with Gasteiger partial charge in [0.05, 0.1) is 17.9 Å². The molecule has 1 aliphatic rings. The van der Waals surface area contributed by atoms with Crippen molar-refractivity contribution in [2.45, 2.75) is 58.5 Å². The maximum atomic E-state index is 4.27. The van der Waals surface area contributed by atoms with Gasteiger partial charge < -0.3 is 5.32 Å². The normalized spacial score (nSPS) is 25.1. The SMILES string of the molecule is CCCNCc1cn(C2CCC(C)CC2)nn1. The minimum Gasteiger partial charge on any atom is -0.311 e. The first-order valence-electron chi connectivity index (χ1n) is 6.91. The number of rotatable bonds is 5. The van der Waals surface area contributed by atoms with Crippen molar-refractivity contribution in [2.75, 3.05) is 6.54 Å². The van der Waals surface area contributed by atoms with Crippen LogP contribution < -0.4 is 5.32 Å². The molecule has 17 heavy (non-hydrogen) atoms. The third-order valence-corrected chi connectivity index (χ3v) is 3.65. The molecule has 1 heterocycles. The summed E-state index contributed by atoms with van der Waals surface area (Å²) in [7, 11) is 0. The summed E-state index contributed by atoms with van der Waals surface area (Å²) in [5, 5.41) is 11.9. The van der Waals surface area contributed by atoms with Crippen LogP contribution in [0.5, 0.6) is 0 Å². The van der Waals surface area contributed by atoms with Gasteiger partial charge in [-0.05, 0) is 44.6 Å². The molecule has 0 amide bonds. The van der Waals surface area contributed by atoms with Crippen LogP contribution >= 0.6 is 0 Å². The van der Waals surface area contributed by atoms with Gasteiger partial charge in [-0.25, -0.2) is 4.68 Å². The van der Waals surface area contributed by atoms with Gasteiger partial charge in [-0.2, -0.15) is 0 Å². The zero-order valence-corrected chi connectivity index (χ0v) is 11.0. The van der Waals surface area contributed by atoms with E-state index in [0.717, 1.165) is 31.1 Å². The average molecular weight is 236 g/mol. The molecule has 1 fully saturated rings. The van der Waals surface area contributed by atoms with Crippen molar-refractivity contribution in [3.8, 4) is 0 Å². The monoisotopic (exact) mass is 236 g/mol. The number of aromatic nitrogens is 3. The van der Waals surface area contributed by atoms with Crippen LogP contribution in [0.2, 0.25) is 0 Å². The summed E-state index contributed by atoms with van der Waals surface area (Å²) in [4.78, 5) is 0. The Morgan fingerprint density at radius 1 is 1.35 bits per heavy atom. The van der Waals surface area contributed by atoms with E-state index >= 15 is 0 Å². The number of hydrogen-bond donors (Lipinski definition) is 1. The Morgan fingerprint density at radius 3 is 2.82 bits per heavy atom. The van der Waals surface area contributed by atoms with Crippen LogP contribution in [0, 0.1) is 5.92 Å². The lowest BCUT2D eigenvalue weighted by Gasteiger charge is -2.25. The molecule has 1 aromatic rings. The van der Waals surface area contributed by atoms with E-state index in [4.69, 9.17) is 0 Å². The number of hydrogen-bond acceptors (Lipinski definition) is 3. The summed E-state index contributed by atoms with van der Waals surface area (Å²) in [6, 6.07) is 0.582. The minimum atomic E-state index is 0.582. The molecular weight excluding hydrogens is 212 g/mol. The van der Waals surface area contributed by atoms with E-state index in [0.29, 0.717) is 6.04 Å². The zero-order valence-electron chi connectivity index (χ0n) is 11.0. The molecule has 1 aliphatic carbocycles. The maximum Gasteiger partial charge on any atom is 0.0964 e. The van der Waals surface area contributed by atoms with E-state index in [1.54, 1.807) is 0 Å². The fraction of sp³-hybridized carbons (Fsp3) is 0.846. The first-order valence-corrected chi connectivity index (χ1v) is 6.91. The van der Waals surface area contributed by atoms with Crippen molar-refractivity contribution in [3.63, 3.8) is 0 Å². The van der Waals surface area contributed by atoms with E-state index in [2.05, 4.69) is 40.4 Å². The van der Waals surface area contributed by atoms with Crippen LogP contribution in [0.1, 0.15) is 57.7 Å². The molecule has 1 N–H and O–H groups in total. The van der Waals surface area contributed by atoms with Gasteiger partial charge in [-0.3, -0.25) is 0 Å². The number of nitrogens with zero attached hydrogens (tertiary/aromatic N) is 3. The second-order valence-electron chi connectivity index (χ2n) is 5.28. The van der Waals surface area contributed by atoms with Gasteiger partial charge in [-0.1, -0.05) is 19.1 Å². The summed E-state index contributed by atoms with van der Waals surface area (Å²) < 4.78 is 2.08. The summed E-state index contributed by atoms with van der Waals surface area (Å²) in [5.74, 6) is 0.889. The Bertz CT molecular complexity index is 326. The molecule has 0 spiro atoms. The van der Waals surface area contributed by atoms with E-state index in [9.17, 15) is 0 Å². The van der Waals surface area contributed by atoms with E-state index in [1.165, 1.54) is 25.7 Å². The highest BCUT2D eigenvalue weighted by atomic mass is 15.4. The quantitative estimate of drug-likeness (QED) is 0.799. The van der Waals surface area contributed by atoms with Crippen molar-refractivity contribution in [1.29, 1.82) is 0 Å². The van der Waals surface area contributed by atoms with Crippen LogP contribution in [0.4, 0.5) is 0 Å². The minimum absolute atomic E-state index is 0.582. The third kappa shape index (κ3) is 3.53. The Kier molecular flexibility index (Phi) is 4.54. The molecule has 0 radical (unpaired) electrons. The third-order valence-electron chi connectivity index (χ3n) is 3.65. The van der Waals surface area contributed by atoms with Crippen molar-refractivity contribution in [1.82, 2.24) is 20.3 Å². The Balaban J connectivity index is 1.85.